The lowest BCUT2D eigenvalue weighted by Crippen LogP contribution is -2.02. The van der Waals surface area contributed by atoms with Crippen LogP contribution in [0.2, 0.25) is 0 Å². The van der Waals surface area contributed by atoms with Gasteiger partial charge in [-0.15, -0.1) is 0 Å². The zero-order chi connectivity index (χ0) is 12.5. The third kappa shape index (κ3) is 3.08. The molecule has 0 fully saturated rings. The zero-order valence-corrected chi connectivity index (χ0v) is 11.4. The summed E-state index contributed by atoms with van der Waals surface area (Å²) in [6, 6.07) is 5.67. The van der Waals surface area contributed by atoms with Crippen LogP contribution < -0.4 is 0 Å². The Morgan fingerprint density at radius 3 is 1.50 bits per heavy atom. The van der Waals surface area contributed by atoms with E-state index in [1.807, 2.05) is 0 Å². The molecule has 1 aromatic rings. The molecule has 0 amide bonds. The second-order valence-electron chi connectivity index (χ2n) is 4.92. The Morgan fingerprint density at radius 1 is 0.875 bits per heavy atom. The number of benzene rings is 1. The number of hydrogen-bond acceptors (Lipinski definition) is 2. The summed E-state index contributed by atoms with van der Waals surface area (Å²) in [5, 5.41) is 0. The molecule has 0 saturated heterocycles. The Balaban J connectivity index is 3.42. The molecule has 3 heteroatoms. The summed E-state index contributed by atoms with van der Waals surface area (Å²) in [5.41, 5.74) is 2.18. The summed E-state index contributed by atoms with van der Waals surface area (Å²) in [6.45, 7) is 8.30. The molecule has 1 rings (SSSR count). The second-order valence-corrected chi connectivity index (χ2v) is 6.93. The maximum atomic E-state index is 11.6. The van der Waals surface area contributed by atoms with E-state index in [2.05, 4.69) is 33.8 Å². The molecule has 16 heavy (non-hydrogen) atoms. The number of rotatable bonds is 3. The zero-order valence-electron chi connectivity index (χ0n) is 10.6. The minimum absolute atomic E-state index is 0.346. The van der Waals surface area contributed by atoms with Crippen molar-refractivity contribution >= 4 is 9.84 Å². The smallest absolute Gasteiger partial charge is 0.175 e. The maximum absolute atomic E-state index is 11.6. The van der Waals surface area contributed by atoms with Crippen molar-refractivity contribution in [3.8, 4) is 0 Å². The molecule has 1 aromatic carbocycles. The van der Waals surface area contributed by atoms with Gasteiger partial charge in [-0.05, 0) is 35.1 Å². The van der Waals surface area contributed by atoms with E-state index in [0.29, 0.717) is 16.7 Å². The first-order valence-corrected chi connectivity index (χ1v) is 7.46. The lowest BCUT2D eigenvalue weighted by atomic mass is 9.96. The van der Waals surface area contributed by atoms with E-state index >= 15 is 0 Å². The van der Waals surface area contributed by atoms with Gasteiger partial charge in [0.2, 0.25) is 0 Å². The highest BCUT2D eigenvalue weighted by atomic mass is 32.2. The van der Waals surface area contributed by atoms with Crippen LogP contribution in [-0.4, -0.2) is 14.7 Å². The minimum atomic E-state index is -3.11. The Hall–Kier alpha value is -0.830. The standard InChI is InChI=1S/C13H20O2S/c1-9(2)11-6-12(10(3)4)8-13(7-11)16(5,14)15/h6-10H,1-5H3. The molecule has 0 saturated carbocycles. The predicted octanol–water partition coefficient (Wildman–Crippen LogP) is 3.34. The number of sulfone groups is 1. The summed E-state index contributed by atoms with van der Waals surface area (Å²) >= 11 is 0. The van der Waals surface area contributed by atoms with Gasteiger partial charge in [0.05, 0.1) is 4.90 Å². The number of hydrogen-bond donors (Lipinski definition) is 0. The highest BCUT2D eigenvalue weighted by Crippen LogP contribution is 2.25. The molecule has 0 aliphatic heterocycles. The highest BCUT2D eigenvalue weighted by Gasteiger charge is 2.13. The predicted molar refractivity (Wildman–Crippen MR) is 67.7 cm³/mol. The largest absolute Gasteiger partial charge is 0.224 e. The molecule has 0 aliphatic rings. The van der Waals surface area contributed by atoms with Crippen LogP contribution in [0.4, 0.5) is 0 Å². The summed E-state index contributed by atoms with van der Waals surface area (Å²) < 4.78 is 23.2. The lowest BCUT2D eigenvalue weighted by molar-refractivity contribution is 0.601. The fourth-order valence-corrected chi connectivity index (χ4v) is 2.23. The van der Waals surface area contributed by atoms with Crippen molar-refractivity contribution < 1.29 is 8.42 Å². The fourth-order valence-electron chi connectivity index (χ4n) is 1.53. The first-order valence-electron chi connectivity index (χ1n) is 5.56. The van der Waals surface area contributed by atoms with Crippen LogP contribution in [0.15, 0.2) is 23.1 Å². The second kappa shape index (κ2) is 4.58. The van der Waals surface area contributed by atoms with Crippen molar-refractivity contribution in [1.29, 1.82) is 0 Å². The van der Waals surface area contributed by atoms with E-state index in [0.717, 1.165) is 11.1 Å². The summed E-state index contributed by atoms with van der Waals surface area (Å²) in [5.74, 6) is 0.693. The molecule has 90 valence electrons. The van der Waals surface area contributed by atoms with Gasteiger partial charge in [0.1, 0.15) is 0 Å². The Labute approximate surface area is 98.6 Å². The molecule has 2 nitrogen and oxygen atoms in total. The summed E-state index contributed by atoms with van der Waals surface area (Å²) in [7, 11) is -3.11. The first kappa shape index (κ1) is 13.2. The molecule has 0 aromatic heterocycles. The van der Waals surface area contributed by atoms with E-state index in [-0.39, 0.29) is 0 Å². The van der Waals surface area contributed by atoms with Crippen molar-refractivity contribution in [2.75, 3.05) is 6.26 Å². The van der Waals surface area contributed by atoms with Gasteiger partial charge in [-0.25, -0.2) is 8.42 Å². The Morgan fingerprint density at radius 2 is 1.25 bits per heavy atom. The van der Waals surface area contributed by atoms with E-state index in [9.17, 15) is 8.42 Å². The molecular weight excluding hydrogens is 220 g/mol. The van der Waals surface area contributed by atoms with Crippen LogP contribution >= 0.6 is 0 Å². The quantitative estimate of drug-likeness (QED) is 0.812. The fraction of sp³-hybridized carbons (Fsp3) is 0.538. The van der Waals surface area contributed by atoms with Gasteiger partial charge in [0.15, 0.2) is 9.84 Å². The third-order valence-corrected chi connectivity index (χ3v) is 3.80. The van der Waals surface area contributed by atoms with Gasteiger partial charge in [0, 0.05) is 6.26 Å². The SMILES string of the molecule is CC(C)c1cc(C(C)C)cc(S(C)(=O)=O)c1. The van der Waals surface area contributed by atoms with Gasteiger partial charge in [-0.3, -0.25) is 0 Å². The van der Waals surface area contributed by atoms with Crippen molar-refractivity contribution in [3.63, 3.8) is 0 Å². The van der Waals surface area contributed by atoms with Crippen molar-refractivity contribution in [1.82, 2.24) is 0 Å². The van der Waals surface area contributed by atoms with Crippen LogP contribution in [0.25, 0.3) is 0 Å². The average molecular weight is 240 g/mol. The monoisotopic (exact) mass is 240 g/mol. The van der Waals surface area contributed by atoms with Crippen molar-refractivity contribution in [2.24, 2.45) is 0 Å². The third-order valence-electron chi connectivity index (χ3n) is 2.71. The van der Waals surface area contributed by atoms with Gasteiger partial charge in [0.25, 0.3) is 0 Å². The van der Waals surface area contributed by atoms with Crippen LogP contribution in [0, 0.1) is 0 Å². The molecule has 0 unspecified atom stereocenters. The maximum Gasteiger partial charge on any atom is 0.175 e. The van der Waals surface area contributed by atoms with Crippen molar-refractivity contribution in [2.45, 2.75) is 44.4 Å². The summed E-state index contributed by atoms with van der Waals surface area (Å²) in [4.78, 5) is 0.433. The molecule has 0 N–H and O–H groups in total. The van der Waals surface area contributed by atoms with E-state index in [4.69, 9.17) is 0 Å². The molecular formula is C13H20O2S. The lowest BCUT2D eigenvalue weighted by Gasteiger charge is -2.13. The average Bonchev–Trinajstić information content (AvgIpc) is 2.15. The van der Waals surface area contributed by atoms with Crippen LogP contribution in [0.1, 0.15) is 50.7 Å². The van der Waals surface area contributed by atoms with Crippen LogP contribution in [-0.2, 0) is 9.84 Å². The topological polar surface area (TPSA) is 34.1 Å². The van der Waals surface area contributed by atoms with E-state index < -0.39 is 9.84 Å². The normalized spacial score (nSPS) is 12.4. The van der Waals surface area contributed by atoms with Gasteiger partial charge < -0.3 is 0 Å². The highest BCUT2D eigenvalue weighted by molar-refractivity contribution is 7.90. The minimum Gasteiger partial charge on any atom is -0.224 e. The molecule has 0 atom stereocenters. The van der Waals surface area contributed by atoms with E-state index in [1.54, 1.807) is 12.1 Å². The van der Waals surface area contributed by atoms with Gasteiger partial charge in [-0.2, -0.15) is 0 Å². The van der Waals surface area contributed by atoms with Gasteiger partial charge in [-0.1, -0.05) is 33.8 Å². The molecule has 0 heterocycles. The Kier molecular flexibility index (Phi) is 3.79. The van der Waals surface area contributed by atoms with Crippen molar-refractivity contribution in [3.05, 3.63) is 29.3 Å². The van der Waals surface area contributed by atoms with Crippen LogP contribution in [0.3, 0.4) is 0 Å². The van der Waals surface area contributed by atoms with Gasteiger partial charge >= 0.3 is 0 Å². The Bertz CT molecular complexity index is 444. The van der Waals surface area contributed by atoms with E-state index in [1.165, 1.54) is 6.26 Å². The molecule has 0 aliphatic carbocycles. The first-order chi connectivity index (χ1) is 7.21. The van der Waals surface area contributed by atoms with Crippen LogP contribution in [0.5, 0.6) is 0 Å². The molecule has 0 radical (unpaired) electrons. The summed E-state index contributed by atoms with van der Waals surface area (Å²) in [6.07, 6.45) is 1.26. The molecule has 0 bridgehead atoms. The molecule has 0 spiro atoms.